The van der Waals surface area contributed by atoms with Crippen molar-refractivity contribution in [2.75, 3.05) is 26.2 Å². The van der Waals surface area contributed by atoms with E-state index in [1.165, 1.54) is 6.07 Å². The van der Waals surface area contributed by atoms with Crippen molar-refractivity contribution in [3.05, 3.63) is 75.4 Å². The van der Waals surface area contributed by atoms with Crippen LogP contribution >= 0.6 is 23.2 Å². The number of hydrogen-bond acceptors (Lipinski definition) is 5. The van der Waals surface area contributed by atoms with Crippen molar-refractivity contribution in [3.63, 3.8) is 0 Å². The summed E-state index contributed by atoms with van der Waals surface area (Å²) in [6, 6.07) is 12.1. The number of benzene rings is 2. The second kappa shape index (κ2) is 9.43. The monoisotopic (exact) mass is 490 g/mol. The zero-order valence-corrected chi connectivity index (χ0v) is 19.4. The van der Waals surface area contributed by atoms with Crippen LogP contribution in [0.25, 0.3) is 5.57 Å². The number of carbonyl (C=O) groups is 1. The van der Waals surface area contributed by atoms with Crippen molar-refractivity contribution in [2.24, 2.45) is 5.73 Å². The average Bonchev–Trinajstić information content (AvgIpc) is 2.80. The van der Waals surface area contributed by atoms with Gasteiger partial charge in [-0.3, -0.25) is 15.1 Å². The number of allylic oxidation sites excluding steroid dienone is 1. The van der Waals surface area contributed by atoms with Crippen LogP contribution in [0.1, 0.15) is 34.3 Å². The Labute approximate surface area is 201 Å². The van der Waals surface area contributed by atoms with Gasteiger partial charge in [0.05, 0.1) is 16.2 Å². The molecule has 174 valence electrons. The van der Waals surface area contributed by atoms with Gasteiger partial charge in [-0.2, -0.15) is 4.39 Å². The summed E-state index contributed by atoms with van der Waals surface area (Å²) in [6.07, 6.45) is 2.29. The molecule has 0 aromatic heterocycles. The van der Waals surface area contributed by atoms with E-state index in [1.54, 1.807) is 29.2 Å². The number of nitrogens with one attached hydrogen (secondary N) is 1. The van der Waals surface area contributed by atoms with Gasteiger partial charge in [0.1, 0.15) is 5.60 Å². The summed E-state index contributed by atoms with van der Waals surface area (Å²) in [5.41, 5.74) is 5.65. The van der Waals surface area contributed by atoms with E-state index in [0.29, 0.717) is 37.6 Å². The lowest BCUT2D eigenvalue weighted by molar-refractivity contribution is -0.0740. The van der Waals surface area contributed by atoms with Crippen LogP contribution in [0.4, 0.5) is 4.39 Å². The highest BCUT2D eigenvalue weighted by Crippen LogP contribution is 2.36. The first-order valence-corrected chi connectivity index (χ1v) is 11.5. The molecular weight excluding hydrogens is 466 g/mol. The number of halogens is 3. The summed E-state index contributed by atoms with van der Waals surface area (Å²) in [7, 11) is 0. The first kappa shape index (κ1) is 23.7. The largest absolute Gasteiger partial charge is 0.404 e. The second-order valence-electron chi connectivity index (χ2n) is 8.51. The molecule has 2 fully saturated rings. The van der Waals surface area contributed by atoms with Crippen LogP contribution in [-0.4, -0.2) is 59.0 Å². The Hall–Kier alpha value is -2.45. The normalized spacial score (nSPS) is 23.8. The molecule has 4 rings (SSSR count). The number of piperidine rings is 1. The van der Waals surface area contributed by atoms with E-state index in [2.05, 4.69) is 4.90 Å². The lowest BCUT2D eigenvalue weighted by Crippen LogP contribution is -2.60. The molecule has 0 bridgehead atoms. The minimum Gasteiger partial charge on any atom is -0.404 e. The Kier molecular flexibility index (Phi) is 6.77. The van der Waals surface area contributed by atoms with Crippen LogP contribution in [0.15, 0.2) is 48.7 Å². The van der Waals surface area contributed by atoms with Crippen LogP contribution in [0.5, 0.6) is 0 Å². The summed E-state index contributed by atoms with van der Waals surface area (Å²) in [6.45, 7) is 2.09. The molecule has 9 heteroatoms. The van der Waals surface area contributed by atoms with Gasteiger partial charge in [0.2, 0.25) is 5.97 Å². The van der Waals surface area contributed by atoms with E-state index in [0.717, 1.165) is 18.2 Å². The van der Waals surface area contributed by atoms with Gasteiger partial charge in [0.25, 0.3) is 5.91 Å². The average molecular weight is 491 g/mol. The van der Waals surface area contributed by atoms with Gasteiger partial charge in [-0.1, -0.05) is 47.5 Å². The number of fused-ring (bicyclic) bond motifs is 1. The van der Waals surface area contributed by atoms with Crippen molar-refractivity contribution in [1.29, 1.82) is 5.41 Å². The summed E-state index contributed by atoms with van der Waals surface area (Å²) in [5.74, 6) is -1.46. The topological polar surface area (TPSA) is 93.6 Å². The van der Waals surface area contributed by atoms with Crippen LogP contribution in [0.2, 0.25) is 10.0 Å². The van der Waals surface area contributed by atoms with E-state index >= 15 is 0 Å². The van der Waals surface area contributed by atoms with Crippen molar-refractivity contribution in [3.8, 4) is 0 Å². The fraction of sp³-hybridized carbons (Fsp3) is 0.333. The van der Waals surface area contributed by atoms with Crippen LogP contribution < -0.4 is 5.73 Å². The number of nitrogens with zero attached hydrogens (tertiary/aromatic N) is 2. The molecule has 2 saturated heterocycles. The SMILES string of the molecule is N=C(F)/C(=C\N)c1cccc(C(=O)N2CCN3C[C@@](O)(c4ccc(Cl)cc4)CC[C@@H]3C2)c1Cl. The first-order valence-electron chi connectivity index (χ1n) is 10.7. The van der Waals surface area contributed by atoms with Crippen LogP contribution in [0, 0.1) is 5.41 Å². The van der Waals surface area contributed by atoms with Crippen LogP contribution in [0.3, 0.4) is 0 Å². The number of rotatable bonds is 4. The van der Waals surface area contributed by atoms with Crippen molar-refractivity contribution in [2.45, 2.75) is 24.5 Å². The summed E-state index contributed by atoms with van der Waals surface area (Å²) in [4.78, 5) is 17.2. The highest BCUT2D eigenvalue weighted by molar-refractivity contribution is 6.37. The Balaban J connectivity index is 1.49. The molecule has 2 aliphatic heterocycles. The fourth-order valence-corrected chi connectivity index (χ4v) is 5.17. The van der Waals surface area contributed by atoms with E-state index in [-0.39, 0.29) is 33.7 Å². The summed E-state index contributed by atoms with van der Waals surface area (Å²) < 4.78 is 13.6. The number of nitrogens with two attached hydrogens (primary N) is 1. The molecule has 0 saturated carbocycles. The van der Waals surface area contributed by atoms with Crippen molar-refractivity contribution in [1.82, 2.24) is 9.80 Å². The molecule has 2 heterocycles. The van der Waals surface area contributed by atoms with Gasteiger partial charge < -0.3 is 15.7 Å². The highest BCUT2D eigenvalue weighted by atomic mass is 35.5. The zero-order valence-electron chi connectivity index (χ0n) is 17.9. The smallest absolute Gasteiger partial charge is 0.255 e. The number of piperazine rings is 1. The number of aliphatic hydroxyl groups is 1. The molecule has 6 nitrogen and oxygen atoms in total. The second-order valence-corrected chi connectivity index (χ2v) is 9.33. The third-order valence-electron chi connectivity index (χ3n) is 6.55. The van der Waals surface area contributed by atoms with Crippen LogP contribution in [-0.2, 0) is 5.60 Å². The maximum absolute atomic E-state index is 13.6. The minimum absolute atomic E-state index is 0.0739. The van der Waals surface area contributed by atoms with Gasteiger partial charge in [-0.15, -0.1) is 0 Å². The number of amides is 1. The molecule has 1 amide bonds. The highest BCUT2D eigenvalue weighted by Gasteiger charge is 2.42. The molecule has 2 aromatic rings. The van der Waals surface area contributed by atoms with Crippen molar-refractivity contribution >= 4 is 40.6 Å². The van der Waals surface area contributed by atoms with Gasteiger partial charge in [0.15, 0.2) is 0 Å². The quantitative estimate of drug-likeness (QED) is 0.563. The Morgan fingerprint density at radius 2 is 1.88 bits per heavy atom. The third-order valence-corrected chi connectivity index (χ3v) is 7.21. The maximum Gasteiger partial charge on any atom is 0.255 e. The molecule has 0 radical (unpaired) electrons. The standard InChI is InChI=1S/C24H25Cl2FN4O2/c25-16-6-4-15(5-7-16)24(33)9-8-17-13-30(10-11-31(17)14-24)23(32)19-3-1-2-18(21(19)26)20(12-28)22(27)29/h1-7,12,17,29,33H,8-11,13-14,28H2/b20-12-,29-22?/t17-,24-/m1/s1. The minimum atomic E-state index is -1.21. The number of hydrogen-bond donors (Lipinski definition) is 3. The molecular formula is C24H25Cl2FN4O2. The zero-order chi connectivity index (χ0) is 23.8. The van der Waals surface area contributed by atoms with Gasteiger partial charge >= 0.3 is 0 Å². The summed E-state index contributed by atoms with van der Waals surface area (Å²) >= 11 is 12.4. The molecule has 0 aliphatic carbocycles. The Bertz CT molecular complexity index is 1110. The van der Waals surface area contributed by atoms with E-state index < -0.39 is 11.6 Å². The maximum atomic E-state index is 13.6. The van der Waals surface area contributed by atoms with Gasteiger partial charge in [-0.25, -0.2) is 0 Å². The lowest BCUT2D eigenvalue weighted by atomic mass is 9.82. The predicted octanol–water partition coefficient (Wildman–Crippen LogP) is 4.05. The molecule has 2 atom stereocenters. The molecule has 0 spiro atoms. The Morgan fingerprint density at radius 1 is 1.18 bits per heavy atom. The lowest BCUT2D eigenvalue weighted by Gasteiger charge is -2.49. The molecule has 0 unspecified atom stereocenters. The van der Waals surface area contributed by atoms with Gasteiger partial charge in [0, 0.05) is 49.0 Å². The molecule has 4 N–H and O–H groups in total. The summed E-state index contributed by atoms with van der Waals surface area (Å²) in [5, 5.41) is 19.2. The first-order chi connectivity index (χ1) is 15.7. The van der Waals surface area contributed by atoms with Gasteiger partial charge in [-0.05, 0) is 36.6 Å². The van der Waals surface area contributed by atoms with E-state index in [9.17, 15) is 14.3 Å². The molecule has 33 heavy (non-hydrogen) atoms. The number of carbonyl (C=O) groups excluding carboxylic acids is 1. The molecule has 2 aliphatic rings. The predicted molar refractivity (Wildman–Crippen MR) is 128 cm³/mol. The van der Waals surface area contributed by atoms with E-state index in [1.807, 2.05) is 12.1 Å². The van der Waals surface area contributed by atoms with Crippen molar-refractivity contribution < 1.29 is 14.3 Å². The van der Waals surface area contributed by atoms with E-state index in [4.69, 9.17) is 34.3 Å². The molecule has 2 aromatic carbocycles. The Morgan fingerprint density at radius 3 is 2.55 bits per heavy atom. The fourth-order valence-electron chi connectivity index (χ4n) is 4.73. The third kappa shape index (κ3) is 4.64.